The minimum Gasteiger partial charge on any atom is -0.354 e. The molecule has 4 N–H and O–H groups in total. The number of rotatable bonds is 23. The van der Waals surface area contributed by atoms with Crippen LogP contribution in [0.5, 0.6) is 0 Å². The van der Waals surface area contributed by atoms with Crippen LogP contribution in [0, 0.1) is 17.8 Å². The van der Waals surface area contributed by atoms with E-state index in [2.05, 4.69) is 43.6 Å². The van der Waals surface area contributed by atoms with Gasteiger partial charge < -0.3 is 16.0 Å². The summed E-state index contributed by atoms with van der Waals surface area (Å²) >= 11 is 0. The van der Waals surface area contributed by atoms with E-state index in [0.29, 0.717) is 24.5 Å². The average molecular weight is 793 g/mol. The zero-order valence-corrected chi connectivity index (χ0v) is 34.7. The van der Waals surface area contributed by atoms with Gasteiger partial charge in [-0.3, -0.25) is 43.0 Å². The summed E-state index contributed by atoms with van der Waals surface area (Å²) < 4.78 is 32.0. The highest BCUT2D eigenvalue weighted by Crippen LogP contribution is 2.40. The van der Waals surface area contributed by atoms with E-state index in [9.17, 15) is 46.5 Å². The molecule has 5 amide bonds. The van der Waals surface area contributed by atoms with Gasteiger partial charge in [-0.2, -0.15) is 8.42 Å². The predicted octanol–water partition coefficient (Wildman–Crippen LogP) is 3.89. The SMILES string of the molecule is CC(C)C(=O)[C@H](C)NC(=O)[C@H](C)NC(=O)CCCCC(=O)NCCN1C(=O)C=CC1=O.CC(C)CC(C)(C)SSCCC(C(=O)C(C)C)S(=O)(=O)O. The largest absolute Gasteiger partial charge is 0.354 e. The fourth-order valence-corrected chi connectivity index (χ4v) is 9.06. The number of nitrogens with zero attached hydrogens (tertiary/aromatic N) is 1. The van der Waals surface area contributed by atoms with Crippen molar-refractivity contribution in [3.8, 4) is 0 Å². The van der Waals surface area contributed by atoms with Crippen molar-refractivity contribution in [3.63, 3.8) is 0 Å². The van der Waals surface area contributed by atoms with Gasteiger partial charge in [0.25, 0.3) is 21.9 Å². The lowest BCUT2D eigenvalue weighted by Crippen LogP contribution is -2.50. The standard InChI is InChI=1S/C21H32N4O6.C14H28O4S3/c1-13(2)20(30)14(3)24-21(31)15(4)23-17(27)8-6-5-7-16(26)22-11-12-25-18(28)9-10-19(25)29;1-10(2)9-14(5,6)20-19-8-7-12(21(16,17)18)13(15)11(3)4/h9-10,13-15H,5-8,11-12H2,1-4H3,(H,22,26)(H,23,27)(H,24,31);10-12H,7-9H2,1-6H3,(H,16,17,18)/t14-,15-;/m0./s1. The number of unbranched alkanes of at least 4 members (excludes halogenated alkanes) is 1. The van der Waals surface area contributed by atoms with Crippen LogP contribution < -0.4 is 16.0 Å². The van der Waals surface area contributed by atoms with E-state index in [1.54, 1.807) is 63.1 Å². The monoisotopic (exact) mass is 792 g/mol. The summed E-state index contributed by atoms with van der Waals surface area (Å²) in [6.45, 7) is 18.9. The zero-order valence-electron chi connectivity index (χ0n) is 32.3. The van der Waals surface area contributed by atoms with Crippen molar-refractivity contribution in [1.82, 2.24) is 20.9 Å². The summed E-state index contributed by atoms with van der Waals surface area (Å²) in [5.41, 5.74) is 0. The van der Waals surface area contributed by atoms with Crippen LogP contribution in [0.2, 0.25) is 0 Å². The van der Waals surface area contributed by atoms with Gasteiger partial charge >= 0.3 is 0 Å². The number of imide groups is 1. The summed E-state index contributed by atoms with van der Waals surface area (Å²) in [4.78, 5) is 83.4. The number of carbonyl (C=O) groups excluding carboxylic acids is 7. The molecule has 17 heteroatoms. The first-order chi connectivity index (χ1) is 23.9. The molecule has 1 aliphatic heterocycles. The van der Waals surface area contributed by atoms with Crippen LogP contribution in [0.4, 0.5) is 0 Å². The third-order valence-corrected chi connectivity index (χ3v) is 12.2. The van der Waals surface area contributed by atoms with Crippen molar-refractivity contribution in [3.05, 3.63) is 12.2 Å². The van der Waals surface area contributed by atoms with E-state index >= 15 is 0 Å². The third kappa shape index (κ3) is 20.5. The van der Waals surface area contributed by atoms with Crippen molar-refractivity contribution in [2.24, 2.45) is 17.8 Å². The molecule has 298 valence electrons. The van der Waals surface area contributed by atoms with Gasteiger partial charge in [0.2, 0.25) is 17.7 Å². The molecule has 0 aromatic rings. The number of carbonyl (C=O) groups is 7. The number of nitrogens with one attached hydrogen (secondary N) is 3. The second-order valence-electron chi connectivity index (χ2n) is 14.4. The number of ketones is 2. The molecule has 1 heterocycles. The summed E-state index contributed by atoms with van der Waals surface area (Å²) in [6.07, 6.45) is 4.90. The summed E-state index contributed by atoms with van der Waals surface area (Å²) in [5.74, 6) is -1.73. The summed E-state index contributed by atoms with van der Waals surface area (Å²) in [5, 5.41) is 6.50. The van der Waals surface area contributed by atoms with Gasteiger partial charge in [-0.1, -0.05) is 63.1 Å². The highest BCUT2D eigenvalue weighted by atomic mass is 33.1. The third-order valence-electron chi connectivity index (χ3n) is 7.63. The van der Waals surface area contributed by atoms with Crippen molar-refractivity contribution in [2.45, 2.75) is 130 Å². The van der Waals surface area contributed by atoms with Gasteiger partial charge in [-0.25, -0.2) is 0 Å². The topological polar surface area (TPSA) is 213 Å². The smallest absolute Gasteiger partial charge is 0.275 e. The quantitative estimate of drug-likeness (QED) is 0.0503. The molecule has 0 spiro atoms. The highest BCUT2D eigenvalue weighted by Gasteiger charge is 2.32. The Morgan fingerprint density at radius 3 is 1.81 bits per heavy atom. The van der Waals surface area contributed by atoms with E-state index in [4.69, 9.17) is 0 Å². The first-order valence-electron chi connectivity index (χ1n) is 17.6. The molecule has 0 aliphatic carbocycles. The van der Waals surface area contributed by atoms with Crippen LogP contribution >= 0.6 is 21.6 Å². The Morgan fingerprint density at radius 2 is 1.33 bits per heavy atom. The minimum atomic E-state index is -4.32. The van der Waals surface area contributed by atoms with E-state index < -0.39 is 56.9 Å². The molecule has 14 nitrogen and oxygen atoms in total. The maximum Gasteiger partial charge on any atom is 0.275 e. The maximum atomic E-state index is 12.1. The Balaban J connectivity index is 0.00000108. The second-order valence-corrected chi connectivity index (χ2v) is 19.1. The molecule has 0 saturated heterocycles. The number of amides is 5. The summed E-state index contributed by atoms with van der Waals surface area (Å²) in [6, 6.07) is -1.40. The molecule has 1 unspecified atom stereocenters. The van der Waals surface area contributed by atoms with Crippen LogP contribution in [-0.2, 0) is 43.7 Å². The Morgan fingerprint density at radius 1 is 0.808 bits per heavy atom. The van der Waals surface area contributed by atoms with Gasteiger partial charge in [0, 0.05) is 60.4 Å². The molecule has 0 aromatic heterocycles. The zero-order chi connectivity index (χ0) is 40.4. The van der Waals surface area contributed by atoms with Gasteiger partial charge in [-0.15, -0.1) is 0 Å². The van der Waals surface area contributed by atoms with Crippen LogP contribution in [0.1, 0.15) is 108 Å². The van der Waals surface area contributed by atoms with Gasteiger partial charge in [0.1, 0.15) is 11.3 Å². The van der Waals surface area contributed by atoms with Gasteiger partial charge in [0.05, 0.1) is 6.04 Å². The van der Waals surface area contributed by atoms with Crippen LogP contribution in [0.15, 0.2) is 12.2 Å². The Bertz CT molecular complexity index is 1360. The normalized spacial score (nSPS) is 14.9. The Labute approximate surface area is 317 Å². The van der Waals surface area contributed by atoms with Crippen molar-refractivity contribution < 1.29 is 46.5 Å². The van der Waals surface area contributed by atoms with Crippen molar-refractivity contribution >= 4 is 72.8 Å². The molecule has 0 aromatic carbocycles. The molecular formula is C35H60N4O10S3. The molecule has 3 atom stereocenters. The average Bonchev–Trinajstić information content (AvgIpc) is 3.33. The first kappa shape index (κ1) is 49.2. The number of hydrogen-bond donors (Lipinski definition) is 4. The fraction of sp³-hybridized carbons (Fsp3) is 0.743. The van der Waals surface area contributed by atoms with Crippen molar-refractivity contribution in [2.75, 3.05) is 18.8 Å². The highest BCUT2D eigenvalue weighted by molar-refractivity contribution is 8.77. The minimum absolute atomic E-state index is 0.0829. The fourth-order valence-electron chi connectivity index (χ4n) is 5.09. The predicted molar refractivity (Wildman–Crippen MR) is 206 cm³/mol. The van der Waals surface area contributed by atoms with Crippen LogP contribution in [-0.4, -0.2) is 99.9 Å². The van der Waals surface area contributed by atoms with E-state index in [1.165, 1.54) is 12.2 Å². The lowest BCUT2D eigenvalue weighted by atomic mass is 10.0. The molecule has 0 bridgehead atoms. The van der Waals surface area contributed by atoms with Crippen LogP contribution in [0.3, 0.4) is 0 Å². The second kappa shape index (κ2) is 23.8. The van der Waals surface area contributed by atoms with E-state index in [-0.39, 0.29) is 60.6 Å². The summed E-state index contributed by atoms with van der Waals surface area (Å²) in [7, 11) is -1.04. The lowest BCUT2D eigenvalue weighted by molar-refractivity contribution is -0.137. The molecule has 0 fully saturated rings. The molecule has 1 aliphatic rings. The van der Waals surface area contributed by atoms with Crippen molar-refractivity contribution in [1.29, 1.82) is 0 Å². The van der Waals surface area contributed by atoms with Gasteiger partial charge in [-0.05, 0) is 59.3 Å². The Hall–Kier alpha value is -2.76. The van der Waals surface area contributed by atoms with Crippen LogP contribution in [0.25, 0.3) is 0 Å². The molecule has 52 heavy (non-hydrogen) atoms. The van der Waals surface area contributed by atoms with Gasteiger partial charge in [0.15, 0.2) is 11.6 Å². The van der Waals surface area contributed by atoms with E-state index in [1.807, 2.05) is 0 Å². The first-order valence-corrected chi connectivity index (χ1v) is 21.5. The van der Waals surface area contributed by atoms with E-state index in [0.717, 1.165) is 11.3 Å². The molecule has 0 saturated carbocycles. The lowest BCUT2D eigenvalue weighted by Gasteiger charge is -2.25. The molecular weight excluding hydrogens is 733 g/mol. The number of hydrogen-bond acceptors (Lipinski definition) is 11. The molecule has 1 rings (SSSR count). The molecule has 0 radical (unpaired) electrons. The number of Topliss-reactive ketones (excluding diaryl/α,β-unsaturated/α-hetero) is 2. The Kier molecular flexibility index (Phi) is 22.5. The maximum absolute atomic E-state index is 12.1.